The van der Waals surface area contributed by atoms with Crippen molar-refractivity contribution in [1.29, 1.82) is 0 Å². The quantitative estimate of drug-likeness (QED) is 0.659. The van der Waals surface area contributed by atoms with Gasteiger partial charge in [-0.2, -0.15) is 0 Å². The average molecular weight is 237 g/mol. The van der Waals surface area contributed by atoms with Crippen molar-refractivity contribution in [2.24, 2.45) is 0 Å². The van der Waals surface area contributed by atoms with Crippen LogP contribution >= 0.6 is 11.6 Å². The molecule has 2 rings (SSSR count). The highest BCUT2D eigenvalue weighted by atomic mass is 35.5. The third-order valence-corrected chi connectivity index (χ3v) is 3.42. The smallest absolute Gasteiger partial charge is 0.259 e. The molecule has 0 spiro atoms. The summed E-state index contributed by atoms with van der Waals surface area (Å²) in [5, 5.41) is 0.246. The zero-order valence-corrected chi connectivity index (χ0v) is 10.5. The molecule has 0 saturated heterocycles. The lowest BCUT2D eigenvalue weighted by Gasteiger charge is -2.14. The summed E-state index contributed by atoms with van der Waals surface area (Å²) in [7, 11) is 0. The third kappa shape index (κ3) is 1.43. The largest absolute Gasteiger partial charge is 0.269 e. The van der Waals surface area contributed by atoms with Gasteiger partial charge in [0.05, 0.1) is 0 Å². The van der Waals surface area contributed by atoms with Crippen LogP contribution in [-0.4, -0.2) is 9.38 Å². The van der Waals surface area contributed by atoms with Gasteiger partial charge in [0.2, 0.25) is 0 Å². The van der Waals surface area contributed by atoms with E-state index in [1.165, 1.54) is 6.07 Å². The van der Waals surface area contributed by atoms with Gasteiger partial charge in [-0.25, -0.2) is 4.98 Å². The van der Waals surface area contributed by atoms with Crippen LogP contribution in [0.1, 0.15) is 22.4 Å². The van der Waals surface area contributed by atoms with Crippen molar-refractivity contribution in [3.8, 4) is 0 Å². The van der Waals surface area contributed by atoms with E-state index in [0.29, 0.717) is 5.65 Å². The summed E-state index contributed by atoms with van der Waals surface area (Å²) in [6.07, 6.45) is 0. The molecule has 0 aliphatic heterocycles. The Labute approximate surface area is 98.7 Å². The van der Waals surface area contributed by atoms with E-state index in [0.717, 1.165) is 22.4 Å². The van der Waals surface area contributed by atoms with E-state index >= 15 is 0 Å². The average Bonchev–Trinajstić information content (AvgIpc) is 2.22. The molecule has 0 unspecified atom stereocenters. The normalized spacial score (nSPS) is 11.1. The minimum Gasteiger partial charge on any atom is -0.269 e. The Bertz CT molecular complexity index is 644. The van der Waals surface area contributed by atoms with Gasteiger partial charge in [-0.05, 0) is 44.4 Å². The first-order valence-corrected chi connectivity index (χ1v) is 5.47. The van der Waals surface area contributed by atoms with E-state index in [4.69, 9.17) is 11.6 Å². The summed E-state index contributed by atoms with van der Waals surface area (Å²) >= 11 is 5.82. The Hall–Kier alpha value is -1.35. The van der Waals surface area contributed by atoms with E-state index in [9.17, 15) is 4.79 Å². The third-order valence-electron chi connectivity index (χ3n) is 3.23. The fourth-order valence-electron chi connectivity index (χ4n) is 1.92. The first kappa shape index (κ1) is 11.1. The highest BCUT2D eigenvalue weighted by Gasteiger charge is 2.11. The molecule has 0 aromatic carbocycles. The minimum atomic E-state index is -0.126. The summed E-state index contributed by atoms with van der Waals surface area (Å²) in [5.74, 6) is 0. The number of hydrogen-bond acceptors (Lipinski definition) is 2. The van der Waals surface area contributed by atoms with Gasteiger partial charge in [-0.15, -0.1) is 0 Å². The SMILES string of the molecule is Cc1c(C)c(C)n2c(=O)cc(Cl)nc2c1C. The van der Waals surface area contributed by atoms with Crippen LogP contribution in [0.3, 0.4) is 0 Å². The van der Waals surface area contributed by atoms with Crippen molar-refractivity contribution in [1.82, 2.24) is 9.38 Å². The van der Waals surface area contributed by atoms with E-state index < -0.39 is 0 Å². The highest BCUT2D eigenvalue weighted by molar-refractivity contribution is 6.29. The first-order chi connectivity index (χ1) is 7.43. The van der Waals surface area contributed by atoms with Gasteiger partial charge in [0.15, 0.2) is 0 Å². The minimum absolute atomic E-state index is 0.126. The number of aryl methyl sites for hydroxylation is 2. The summed E-state index contributed by atoms with van der Waals surface area (Å²) in [6, 6.07) is 1.34. The molecule has 0 bridgehead atoms. The molecule has 0 fully saturated rings. The lowest BCUT2D eigenvalue weighted by molar-refractivity contribution is 0.951. The second kappa shape index (κ2) is 3.59. The molecular formula is C12H13ClN2O. The molecule has 2 aromatic heterocycles. The van der Waals surface area contributed by atoms with Gasteiger partial charge in [0.1, 0.15) is 10.8 Å². The van der Waals surface area contributed by atoms with Crippen LogP contribution in [0.2, 0.25) is 5.15 Å². The van der Waals surface area contributed by atoms with Crippen molar-refractivity contribution < 1.29 is 0 Å². The van der Waals surface area contributed by atoms with Crippen molar-refractivity contribution in [2.75, 3.05) is 0 Å². The number of nitrogens with zero attached hydrogens (tertiary/aromatic N) is 2. The predicted molar refractivity (Wildman–Crippen MR) is 65.4 cm³/mol. The maximum Gasteiger partial charge on any atom is 0.259 e. The van der Waals surface area contributed by atoms with Crippen molar-refractivity contribution in [2.45, 2.75) is 27.7 Å². The number of hydrogen-bond donors (Lipinski definition) is 0. The molecular weight excluding hydrogens is 224 g/mol. The number of rotatable bonds is 0. The fourth-order valence-corrected chi connectivity index (χ4v) is 2.09. The Balaban J connectivity index is 3.15. The zero-order chi connectivity index (χ0) is 12.0. The van der Waals surface area contributed by atoms with Crippen LogP contribution in [0.5, 0.6) is 0 Å². The number of aromatic nitrogens is 2. The number of pyridine rings is 1. The van der Waals surface area contributed by atoms with Crippen LogP contribution in [-0.2, 0) is 0 Å². The first-order valence-electron chi connectivity index (χ1n) is 5.09. The molecule has 4 heteroatoms. The molecule has 0 aliphatic rings. The van der Waals surface area contributed by atoms with Gasteiger partial charge < -0.3 is 0 Å². The highest BCUT2D eigenvalue weighted by Crippen LogP contribution is 2.20. The monoisotopic (exact) mass is 236 g/mol. The topological polar surface area (TPSA) is 34.4 Å². The van der Waals surface area contributed by atoms with Crippen LogP contribution in [0, 0.1) is 27.7 Å². The summed E-state index contributed by atoms with van der Waals surface area (Å²) in [4.78, 5) is 16.1. The molecule has 0 amide bonds. The Morgan fingerprint density at radius 3 is 2.38 bits per heavy atom. The zero-order valence-electron chi connectivity index (χ0n) is 9.76. The second-order valence-corrected chi connectivity index (χ2v) is 4.42. The van der Waals surface area contributed by atoms with E-state index in [-0.39, 0.29) is 10.7 Å². The second-order valence-electron chi connectivity index (χ2n) is 4.04. The summed E-state index contributed by atoms with van der Waals surface area (Å²) in [6.45, 7) is 7.93. The fraction of sp³-hybridized carbons (Fsp3) is 0.333. The molecule has 0 radical (unpaired) electrons. The molecule has 0 N–H and O–H groups in total. The van der Waals surface area contributed by atoms with Crippen molar-refractivity contribution >= 4 is 17.2 Å². The molecule has 0 aliphatic carbocycles. The molecule has 3 nitrogen and oxygen atoms in total. The Kier molecular flexibility index (Phi) is 2.50. The van der Waals surface area contributed by atoms with E-state index in [1.807, 2.05) is 27.7 Å². The lowest BCUT2D eigenvalue weighted by atomic mass is 10.0. The summed E-state index contributed by atoms with van der Waals surface area (Å²) < 4.78 is 1.61. The van der Waals surface area contributed by atoms with Gasteiger partial charge in [0, 0.05) is 11.8 Å². The summed E-state index contributed by atoms with van der Waals surface area (Å²) in [5.41, 5.74) is 4.73. The lowest BCUT2D eigenvalue weighted by Crippen LogP contribution is -2.19. The molecule has 2 aromatic rings. The van der Waals surface area contributed by atoms with Crippen molar-refractivity contribution in [3.63, 3.8) is 0 Å². The van der Waals surface area contributed by atoms with Gasteiger partial charge in [-0.1, -0.05) is 11.6 Å². The molecule has 84 valence electrons. The van der Waals surface area contributed by atoms with Gasteiger partial charge in [0.25, 0.3) is 5.56 Å². The standard InChI is InChI=1S/C12H13ClN2O/c1-6-7(2)9(4)15-11(16)5-10(13)14-12(15)8(6)3/h5H,1-4H3. The van der Waals surface area contributed by atoms with E-state index in [1.54, 1.807) is 4.40 Å². The Morgan fingerprint density at radius 1 is 1.12 bits per heavy atom. The van der Waals surface area contributed by atoms with Crippen LogP contribution in [0.4, 0.5) is 0 Å². The number of fused-ring (bicyclic) bond motifs is 1. The van der Waals surface area contributed by atoms with E-state index in [2.05, 4.69) is 4.98 Å². The molecule has 0 saturated carbocycles. The maximum atomic E-state index is 11.9. The predicted octanol–water partition coefficient (Wildman–Crippen LogP) is 2.58. The number of halogens is 1. The molecule has 16 heavy (non-hydrogen) atoms. The van der Waals surface area contributed by atoms with Gasteiger partial charge >= 0.3 is 0 Å². The van der Waals surface area contributed by atoms with Crippen molar-refractivity contribution in [3.05, 3.63) is 44.0 Å². The molecule has 2 heterocycles. The van der Waals surface area contributed by atoms with Crippen LogP contribution in [0.25, 0.3) is 5.65 Å². The van der Waals surface area contributed by atoms with Crippen LogP contribution in [0.15, 0.2) is 10.9 Å². The Morgan fingerprint density at radius 2 is 1.75 bits per heavy atom. The van der Waals surface area contributed by atoms with Crippen LogP contribution < -0.4 is 5.56 Å². The molecule has 0 atom stereocenters. The maximum absolute atomic E-state index is 11.9. The van der Waals surface area contributed by atoms with Gasteiger partial charge in [-0.3, -0.25) is 9.20 Å².